The highest BCUT2D eigenvalue weighted by atomic mass is 16.2. The number of hydrogen-bond acceptors (Lipinski definition) is 4. The number of aromatic nitrogens is 2. The third-order valence-electron chi connectivity index (χ3n) is 4.26. The number of benzene rings is 1. The smallest absolute Gasteiger partial charge is 0.321 e. The van der Waals surface area contributed by atoms with Gasteiger partial charge in [0.2, 0.25) is 0 Å². The topological polar surface area (TPSA) is 61.4 Å². The Morgan fingerprint density at radius 1 is 1.12 bits per heavy atom. The lowest BCUT2D eigenvalue weighted by atomic mass is 10.1. The van der Waals surface area contributed by atoms with Gasteiger partial charge in [0.05, 0.1) is 5.69 Å². The summed E-state index contributed by atoms with van der Waals surface area (Å²) < 4.78 is 0. The molecule has 6 nitrogen and oxygen atoms in total. The van der Waals surface area contributed by atoms with Gasteiger partial charge in [-0.15, -0.1) is 5.10 Å². The Labute approximate surface area is 142 Å². The molecule has 2 amide bonds. The number of rotatable bonds is 3. The first kappa shape index (κ1) is 16.2. The van der Waals surface area contributed by atoms with Crippen LogP contribution in [-0.4, -0.2) is 47.3 Å². The molecule has 1 aromatic heterocycles. The Hall–Kier alpha value is -2.63. The highest BCUT2D eigenvalue weighted by Crippen LogP contribution is 2.15. The summed E-state index contributed by atoms with van der Waals surface area (Å²) in [7, 11) is 0. The summed E-state index contributed by atoms with van der Waals surface area (Å²) in [5, 5.41) is 11.3. The van der Waals surface area contributed by atoms with Crippen LogP contribution in [0.2, 0.25) is 0 Å². The first-order valence-electron chi connectivity index (χ1n) is 8.36. The molecule has 1 aliphatic rings. The quantitative estimate of drug-likeness (QED) is 0.942. The molecular formula is C18H23N5O. The van der Waals surface area contributed by atoms with Crippen molar-refractivity contribution in [2.45, 2.75) is 20.3 Å². The first-order valence-corrected chi connectivity index (χ1v) is 8.36. The van der Waals surface area contributed by atoms with Gasteiger partial charge in [0.25, 0.3) is 0 Å². The maximum absolute atomic E-state index is 12.4. The minimum Gasteiger partial charge on any atom is -0.352 e. The van der Waals surface area contributed by atoms with Crippen molar-refractivity contribution >= 4 is 17.5 Å². The van der Waals surface area contributed by atoms with Crippen molar-refractivity contribution in [1.82, 2.24) is 15.1 Å². The first-order chi connectivity index (χ1) is 11.7. The number of urea groups is 1. The van der Waals surface area contributed by atoms with E-state index in [-0.39, 0.29) is 6.03 Å². The van der Waals surface area contributed by atoms with Crippen molar-refractivity contribution in [3.8, 4) is 0 Å². The molecule has 24 heavy (non-hydrogen) atoms. The molecule has 0 atom stereocenters. The second kappa shape index (κ2) is 7.29. The highest BCUT2D eigenvalue weighted by molar-refractivity contribution is 5.89. The van der Waals surface area contributed by atoms with Gasteiger partial charge in [-0.05, 0) is 43.2 Å². The zero-order valence-corrected chi connectivity index (χ0v) is 14.2. The van der Waals surface area contributed by atoms with E-state index >= 15 is 0 Å². The van der Waals surface area contributed by atoms with Crippen LogP contribution in [0.15, 0.2) is 36.4 Å². The van der Waals surface area contributed by atoms with Crippen LogP contribution in [-0.2, 0) is 6.42 Å². The number of aryl methyl sites for hydroxylation is 2. The molecular weight excluding hydrogens is 302 g/mol. The fraction of sp³-hybridized carbons (Fsp3) is 0.389. The van der Waals surface area contributed by atoms with Gasteiger partial charge in [0.15, 0.2) is 5.82 Å². The van der Waals surface area contributed by atoms with Crippen LogP contribution in [0.4, 0.5) is 16.3 Å². The van der Waals surface area contributed by atoms with E-state index in [1.54, 1.807) is 0 Å². The predicted octanol–water partition coefficient (Wildman–Crippen LogP) is 2.70. The molecule has 2 aromatic rings. The normalized spacial score (nSPS) is 14.6. The van der Waals surface area contributed by atoms with Gasteiger partial charge >= 0.3 is 6.03 Å². The second-order valence-corrected chi connectivity index (χ2v) is 5.99. The molecule has 0 radical (unpaired) electrons. The minimum absolute atomic E-state index is 0.0436. The van der Waals surface area contributed by atoms with Crippen LogP contribution in [0.25, 0.3) is 0 Å². The van der Waals surface area contributed by atoms with Crippen molar-refractivity contribution in [3.05, 3.63) is 47.7 Å². The number of anilines is 2. The van der Waals surface area contributed by atoms with Crippen LogP contribution >= 0.6 is 0 Å². The summed E-state index contributed by atoms with van der Waals surface area (Å²) in [6, 6.07) is 11.9. The molecule has 6 heteroatoms. The van der Waals surface area contributed by atoms with E-state index in [4.69, 9.17) is 0 Å². The average molecular weight is 325 g/mol. The molecule has 0 unspecified atom stereocenters. The molecule has 1 N–H and O–H groups in total. The monoisotopic (exact) mass is 325 g/mol. The molecule has 2 heterocycles. The van der Waals surface area contributed by atoms with E-state index in [1.807, 2.05) is 42.2 Å². The summed E-state index contributed by atoms with van der Waals surface area (Å²) in [5.41, 5.74) is 2.98. The molecule has 0 spiro atoms. The van der Waals surface area contributed by atoms with Crippen LogP contribution in [0.5, 0.6) is 0 Å². The summed E-state index contributed by atoms with van der Waals surface area (Å²) in [4.78, 5) is 16.4. The standard InChI is InChI=1S/C18H23N5O/c1-3-15-5-4-6-16(13-15)19-18(24)23-11-9-22(10-12-23)17-8-7-14(2)20-21-17/h4-8,13H,3,9-12H2,1-2H3,(H,19,24). The zero-order chi connectivity index (χ0) is 16.9. The third-order valence-corrected chi connectivity index (χ3v) is 4.26. The Morgan fingerprint density at radius 2 is 1.92 bits per heavy atom. The minimum atomic E-state index is -0.0436. The van der Waals surface area contributed by atoms with Gasteiger partial charge in [-0.2, -0.15) is 5.10 Å². The van der Waals surface area contributed by atoms with Crippen LogP contribution in [0, 0.1) is 6.92 Å². The fourth-order valence-electron chi connectivity index (χ4n) is 2.77. The molecule has 0 bridgehead atoms. The van der Waals surface area contributed by atoms with Crippen molar-refractivity contribution in [2.75, 3.05) is 36.4 Å². The summed E-state index contributed by atoms with van der Waals surface area (Å²) in [5.74, 6) is 0.872. The summed E-state index contributed by atoms with van der Waals surface area (Å²) >= 11 is 0. The molecule has 1 aliphatic heterocycles. The highest BCUT2D eigenvalue weighted by Gasteiger charge is 2.22. The maximum Gasteiger partial charge on any atom is 0.321 e. The molecule has 126 valence electrons. The second-order valence-electron chi connectivity index (χ2n) is 5.99. The van der Waals surface area contributed by atoms with Gasteiger partial charge in [0, 0.05) is 31.9 Å². The largest absolute Gasteiger partial charge is 0.352 e. The molecule has 1 aromatic carbocycles. The number of hydrogen-bond donors (Lipinski definition) is 1. The third kappa shape index (κ3) is 3.82. The van der Waals surface area contributed by atoms with Gasteiger partial charge < -0.3 is 15.1 Å². The van der Waals surface area contributed by atoms with Gasteiger partial charge in [0.1, 0.15) is 0 Å². The van der Waals surface area contributed by atoms with Crippen molar-refractivity contribution in [3.63, 3.8) is 0 Å². The lowest BCUT2D eigenvalue weighted by Gasteiger charge is -2.35. The average Bonchev–Trinajstić information content (AvgIpc) is 2.62. The lowest BCUT2D eigenvalue weighted by Crippen LogP contribution is -2.50. The van der Waals surface area contributed by atoms with E-state index in [2.05, 4.69) is 33.4 Å². The lowest BCUT2D eigenvalue weighted by molar-refractivity contribution is 0.208. The van der Waals surface area contributed by atoms with Crippen LogP contribution in [0.1, 0.15) is 18.2 Å². The predicted molar refractivity (Wildman–Crippen MR) is 95.4 cm³/mol. The molecule has 1 saturated heterocycles. The number of carbonyl (C=O) groups is 1. The number of nitrogens with one attached hydrogen (secondary N) is 1. The van der Waals surface area contributed by atoms with Crippen LogP contribution < -0.4 is 10.2 Å². The van der Waals surface area contributed by atoms with Crippen molar-refractivity contribution in [1.29, 1.82) is 0 Å². The van der Waals surface area contributed by atoms with Crippen molar-refractivity contribution < 1.29 is 4.79 Å². The van der Waals surface area contributed by atoms with Crippen molar-refractivity contribution in [2.24, 2.45) is 0 Å². The van der Waals surface area contributed by atoms with Gasteiger partial charge in [-0.25, -0.2) is 4.79 Å². The van der Waals surface area contributed by atoms with E-state index in [1.165, 1.54) is 5.56 Å². The molecule has 3 rings (SSSR count). The fourth-order valence-corrected chi connectivity index (χ4v) is 2.77. The van der Waals surface area contributed by atoms with E-state index in [0.717, 1.165) is 36.7 Å². The number of amides is 2. The number of nitrogens with zero attached hydrogens (tertiary/aromatic N) is 4. The summed E-state index contributed by atoms with van der Waals surface area (Å²) in [6.07, 6.45) is 0.958. The van der Waals surface area contributed by atoms with Crippen LogP contribution in [0.3, 0.4) is 0 Å². The Balaban J connectivity index is 1.55. The maximum atomic E-state index is 12.4. The van der Waals surface area contributed by atoms with E-state index in [9.17, 15) is 4.79 Å². The molecule has 0 saturated carbocycles. The Kier molecular flexibility index (Phi) is 4.93. The molecule has 0 aliphatic carbocycles. The number of carbonyl (C=O) groups excluding carboxylic acids is 1. The van der Waals surface area contributed by atoms with E-state index in [0.29, 0.717) is 13.1 Å². The summed E-state index contributed by atoms with van der Waals surface area (Å²) in [6.45, 7) is 6.91. The number of piperazine rings is 1. The SMILES string of the molecule is CCc1cccc(NC(=O)N2CCN(c3ccc(C)nn3)CC2)c1. The zero-order valence-electron chi connectivity index (χ0n) is 14.2. The Morgan fingerprint density at radius 3 is 2.58 bits per heavy atom. The van der Waals surface area contributed by atoms with E-state index < -0.39 is 0 Å². The molecule has 1 fully saturated rings. The Bertz CT molecular complexity index is 693. The van der Waals surface area contributed by atoms with Gasteiger partial charge in [-0.3, -0.25) is 0 Å². The van der Waals surface area contributed by atoms with Gasteiger partial charge in [-0.1, -0.05) is 19.1 Å².